The molecule has 0 aromatic carbocycles. The van der Waals surface area contributed by atoms with E-state index in [0.29, 0.717) is 31.8 Å². The number of fused-ring (bicyclic) bond motifs is 1. The van der Waals surface area contributed by atoms with Crippen molar-refractivity contribution in [2.24, 2.45) is 0 Å². The summed E-state index contributed by atoms with van der Waals surface area (Å²) >= 11 is 0. The van der Waals surface area contributed by atoms with Crippen molar-refractivity contribution >= 4 is 5.91 Å². The lowest BCUT2D eigenvalue weighted by Crippen LogP contribution is -2.41. The molecule has 0 aliphatic carbocycles. The van der Waals surface area contributed by atoms with Crippen LogP contribution < -0.4 is 10.1 Å². The van der Waals surface area contributed by atoms with Gasteiger partial charge in [-0.15, -0.1) is 0 Å². The highest BCUT2D eigenvalue weighted by atomic mass is 19.4. The van der Waals surface area contributed by atoms with Crippen LogP contribution in [0, 0.1) is 0 Å². The number of rotatable bonds is 6. The fraction of sp³-hybridized carbons (Fsp3) is 0.529. The van der Waals surface area contributed by atoms with Gasteiger partial charge in [0.05, 0.1) is 13.2 Å². The van der Waals surface area contributed by atoms with E-state index in [-0.39, 0.29) is 24.1 Å². The molecular weight excluding hydrogens is 379 g/mol. The molecule has 0 radical (unpaired) electrons. The molecule has 1 unspecified atom stereocenters. The van der Waals surface area contributed by atoms with Gasteiger partial charge < -0.3 is 14.8 Å². The molecule has 0 spiro atoms. The van der Waals surface area contributed by atoms with E-state index < -0.39 is 17.8 Å². The van der Waals surface area contributed by atoms with Gasteiger partial charge in [-0.05, 0) is 25.5 Å². The van der Waals surface area contributed by atoms with Crippen molar-refractivity contribution in [3.8, 4) is 5.88 Å². The molecule has 1 N–H and O–H groups in total. The number of alkyl halides is 3. The highest BCUT2D eigenvalue weighted by molar-refractivity contribution is 5.96. The predicted octanol–water partition coefficient (Wildman–Crippen LogP) is 1.98. The lowest BCUT2D eigenvalue weighted by molar-refractivity contribution is -0.141. The molecule has 1 aliphatic heterocycles. The molecule has 3 rings (SSSR count). The number of pyridine rings is 1. The number of aromatic nitrogens is 4. The van der Waals surface area contributed by atoms with Crippen molar-refractivity contribution in [1.82, 2.24) is 25.1 Å². The van der Waals surface area contributed by atoms with Gasteiger partial charge in [0, 0.05) is 19.6 Å². The average Bonchev–Trinajstić information content (AvgIpc) is 3.03. The monoisotopic (exact) mass is 399 g/mol. The standard InChI is InChI=1S/C17H20F3N5O3/c1-3-28-16-11(5-6-12(22-16)17(18,19)20)15(26)21-10-4-7-14-23-13(9-27-2)24-25(14)8-10/h5-6,10H,3-4,7-9H2,1-2H3,(H,21,26). The van der Waals surface area contributed by atoms with Gasteiger partial charge >= 0.3 is 6.18 Å². The van der Waals surface area contributed by atoms with Crippen molar-refractivity contribution in [2.75, 3.05) is 13.7 Å². The number of methoxy groups -OCH3 is 1. The third-order valence-corrected chi connectivity index (χ3v) is 4.19. The molecule has 3 heterocycles. The first kappa shape index (κ1) is 20.1. The van der Waals surface area contributed by atoms with E-state index in [9.17, 15) is 18.0 Å². The maximum absolute atomic E-state index is 12.9. The first-order chi connectivity index (χ1) is 13.3. The number of amides is 1. The van der Waals surface area contributed by atoms with Gasteiger partial charge in [0.25, 0.3) is 5.91 Å². The molecule has 2 aromatic rings. The van der Waals surface area contributed by atoms with E-state index in [4.69, 9.17) is 9.47 Å². The number of ether oxygens (including phenoxy) is 2. The Morgan fingerprint density at radius 2 is 2.14 bits per heavy atom. The zero-order chi connectivity index (χ0) is 20.3. The largest absolute Gasteiger partial charge is 0.477 e. The van der Waals surface area contributed by atoms with Crippen LogP contribution in [0.3, 0.4) is 0 Å². The molecule has 8 nitrogen and oxygen atoms in total. The Morgan fingerprint density at radius 3 is 2.82 bits per heavy atom. The van der Waals surface area contributed by atoms with E-state index in [1.165, 1.54) is 0 Å². The fourth-order valence-electron chi connectivity index (χ4n) is 2.95. The van der Waals surface area contributed by atoms with Crippen LogP contribution in [-0.4, -0.2) is 45.4 Å². The van der Waals surface area contributed by atoms with Crippen molar-refractivity contribution in [3.63, 3.8) is 0 Å². The van der Waals surface area contributed by atoms with Gasteiger partial charge in [-0.3, -0.25) is 4.79 Å². The number of hydrogen-bond acceptors (Lipinski definition) is 6. The smallest absolute Gasteiger partial charge is 0.433 e. The predicted molar refractivity (Wildman–Crippen MR) is 90.7 cm³/mol. The summed E-state index contributed by atoms with van der Waals surface area (Å²) in [7, 11) is 1.55. The van der Waals surface area contributed by atoms with E-state index in [2.05, 4.69) is 20.4 Å². The quantitative estimate of drug-likeness (QED) is 0.799. The maximum atomic E-state index is 12.9. The van der Waals surface area contributed by atoms with Crippen molar-refractivity contribution < 1.29 is 27.4 Å². The van der Waals surface area contributed by atoms with Crippen LogP contribution in [0.1, 0.15) is 41.0 Å². The summed E-state index contributed by atoms with van der Waals surface area (Å²) in [5.41, 5.74) is -1.15. The highest BCUT2D eigenvalue weighted by Gasteiger charge is 2.34. The van der Waals surface area contributed by atoms with Gasteiger partial charge in [-0.25, -0.2) is 14.6 Å². The number of nitrogens with zero attached hydrogens (tertiary/aromatic N) is 4. The third-order valence-electron chi connectivity index (χ3n) is 4.19. The number of carbonyl (C=O) groups is 1. The molecule has 28 heavy (non-hydrogen) atoms. The normalized spacial score (nSPS) is 16.5. The Kier molecular flexibility index (Phi) is 5.82. The fourth-order valence-corrected chi connectivity index (χ4v) is 2.95. The van der Waals surface area contributed by atoms with E-state index in [0.717, 1.165) is 18.0 Å². The summed E-state index contributed by atoms with van der Waals surface area (Å²) in [4.78, 5) is 20.4. The SMILES string of the molecule is CCOc1nc(C(F)(F)F)ccc1C(=O)NC1CCc2nc(COC)nn2C1. The summed E-state index contributed by atoms with van der Waals surface area (Å²) in [6.45, 7) is 2.40. The summed E-state index contributed by atoms with van der Waals surface area (Å²) in [5, 5.41) is 7.14. The summed E-state index contributed by atoms with van der Waals surface area (Å²) in [5.74, 6) is 0.489. The van der Waals surface area contributed by atoms with Crippen LogP contribution in [0.5, 0.6) is 5.88 Å². The van der Waals surface area contributed by atoms with E-state index >= 15 is 0 Å². The third kappa shape index (κ3) is 4.41. The van der Waals surface area contributed by atoms with Crippen LogP contribution in [-0.2, 0) is 30.5 Å². The van der Waals surface area contributed by atoms with Crippen molar-refractivity contribution in [2.45, 2.75) is 45.1 Å². The van der Waals surface area contributed by atoms with Crippen LogP contribution in [0.15, 0.2) is 12.1 Å². The first-order valence-electron chi connectivity index (χ1n) is 8.75. The molecule has 1 aliphatic rings. The molecule has 0 saturated carbocycles. The number of hydrogen-bond donors (Lipinski definition) is 1. The summed E-state index contributed by atoms with van der Waals surface area (Å²) in [6.07, 6.45) is -3.37. The van der Waals surface area contributed by atoms with E-state index in [1.807, 2.05) is 0 Å². The van der Waals surface area contributed by atoms with Crippen molar-refractivity contribution in [1.29, 1.82) is 0 Å². The minimum Gasteiger partial charge on any atom is -0.477 e. The number of halogens is 3. The Balaban J connectivity index is 1.73. The molecule has 0 bridgehead atoms. The average molecular weight is 399 g/mol. The molecule has 0 saturated heterocycles. The van der Waals surface area contributed by atoms with Crippen molar-refractivity contribution in [3.05, 3.63) is 35.0 Å². The number of nitrogens with one attached hydrogen (secondary N) is 1. The highest BCUT2D eigenvalue weighted by Crippen LogP contribution is 2.30. The lowest BCUT2D eigenvalue weighted by atomic mass is 10.1. The first-order valence-corrected chi connectivity index (χ1v) is 8.75. The summed E-state index contributed by atoms with van der Waals surface area (Å²) in [6, 6.07) is 1.61. The minimum absolute atomic E-state index is 0.0423. The van der Waals surface area contributed by atoms with Crippen LogP contribution in [0.2, 0.25) is 0 Å². The Labute approximate surface area is 159 Å². The Morgan fingerprint density at radius 1 is 1.36 bits per heavy atom. The van der Waals surface area contributed by atoms with Crippen LogP contribution >= 0.6 is 0 Å². The zero-order valence-corrected chi connectivity index (χ0v) is 15.4. The summed E-state index contributed by atoms with van der Waals surface area (Å²) < 4.78 is 50.5. The second-order valence-electron chi connectivity index (χ2n) is 6.25. The molecule has 152 valence electrons. The lowest BCUT2D eigenvalue weighted by Gasteiger charge is -2.24. The van der Waals surface area contributed by atoms with Gasteiger partial charge in [-0.2, -0.15) is 18.3 Å². The van der Waals surface area contributed by atoms with Gasteiger partial charge in [0.1, 0.15) is 23.7 Å². The van der Waals surface area contributed by atoms with Crippen LogP contribution in [0.4, 0.5) is 13.2 Å². The van der Waals surface area contributed by atoms with Gasteiger partial charge in [0.15, 0.2) is 5.82 Å². The molecule has 0 fully saturated rings. The molecule has 11 heteroatoms. The Bertz CT molecular complexity index is 853. The maximum Gasteiger partial charge on any atom is 0.433 e. The topological polar surface area (TPSA) is 91.2 Å². The number of aryl methyl sites for hydroxylation is 1. The van der Waals surface area contributed by atoms with Gasteiger partial charge in [0.2, 0.25) is 5.88 Å². The second-order valence-corrected chi connectivity index (χ2v) is 6.25. The zero-order valence-electron chi connectivity index (χ0n) is 15.4. The molecule has 1 amide bonds. The second kappa shape index (κ2) is 8.13. The molecule has 2 aromatic heterocycles. The molecular formula is C17H20F3N5O3. The van der Waals surface area contributed by atoms with E-state index in [1.54, 1.807) is 18.7 Å². The van der Waals surface area contributed by atoms with Crippen LogP contribution in [0.25, 0.3) is 0 Å². The minimum atomic E-state index is -4.62. The number of carbonyl (C=O) groups excluding carboxylic acids is 1. The molecule has 1 atom stereocenters. The Hall–Kier alpha value is -2.69. The van der Waals surface area contributed by atoms with Gasteiger partial charge in [-0.1, -0.05) is 0 Å².